The molecule has 0 spiro atoms. The molecule has 0 aliphatic carbocycles. The van der Waals surface area contributed by atoms with Gasteiger partial charge in [0.25, 0.3) is 5.91 Å². The molecule has 2 aromatic carbocycles. The van der Waals surface area contributed by atoms with Crippen molar-refractivity contribution in [1.29, 1.82) is 0 Å². The fourth-order valence-corrected chi connectivity index (χ4v) is 3.91. The zero-order valence-electron chi connectivity index (χ0n) is 19.2. The third-order valence-electron chi connectivity index (χ3n) is 5.87. The number of benzene rings is 2. The summed E-state index contributed by atoms with van der Waals surface area (Å²) in [4.78, 5) is 18.3. The Labute approximate surface area is 189 Å². The van der Waals surface area contributed by atoms with Crippen molar-refractivity contribution in [3.63, 3.8) is 0 Å². The lowest BCUT2D eigenvalue weighted by Crippen LogP contribution is -2.48. The van der Waals surface area contributed by atoms with Gasteiger partial charge in [-0.15, -0.1) is 0 Å². The van der Waals surface area contributed by atoms with Crippen LogP contribution in [0.25, 0.3) is 0 Å². The van der Waals surface area contributed by atoms with Gasteiger partial charge in [-0.1, -0.05) is 24.3 Å². The molecule has 2 N–H and O–H groups in total. The van der Waals surface area contributed by atoms with Gasteiger partial charge in [-0.2, -0.15) is 0 Å². The monoisotopic (exact) mass is 440 g/mol. The Balaban J connectivity index is 1.70. The number of hydrogen-bond acceptors (Lipinski definition) is 3. The molecular weight excluding hydrogens is 407 g/mol. The maximum absolute atomic E-state index is 13.5. The van der Waals surface area contributed by atoms with E-state index in [9.17, 15) is 9.18 Å². The average molecular weight is 441 g/mol. The fraction of sp³-hybridized carbons (Fsp3) is 0.440. The molecule has 1 fully saturated rings. The Bertz CT molecular complexity index is 905. The number of halogens is 1. The van der Waals surface area contributed by atoms with Gasteiger partial charge in [0.05, 0.1) is 6.54 Å². The molecule has 0 radical (unpaired) electrons. The van der Waals surface area contributed by atoms with Crippen molar-refractivity contribution in [2.24, 2.45) is 4.99 Å². The van der Waals surface area contributed by atoms with Crippen LogP contribution in [-0.4, -0.2) is 57.2 Å². The van der Waals surface area contributed by atoms with Crippen molar-refractivity contribution >= 4 is 11.9 Å². The Hall–Kier alpha value is -2.93. The molecule has 172 valence electrons. The number of rotatable bonds is 7. The summed E-state index contributed by atoms with van der Waals surface area (Å²) in [6, 6.07) is 14.3. The molecular formula is C25H33FN4O2. The minimum absolute atomic E-state index is 0.0161. The van der Waals surface area contributed by atoms with Crippen LogP contribution in [0.4, 0.5) is 4.39 Å². The lowest BCUT2D eigenvalue weighted by atomic mass is 9.74. The van der Waals surface area contributed by atoms with E-state index in [4.69, 9.17) is 9.73 Å². The Morgan fingerprint density at radius 3 is 2.31 bits per heavy atom. The Morgan fingerprint density at radius 1 is 1.06 bits per heavy atom. The summed E-state index contributed by atoms with van der Waals surface area (Å²) in [5.41, 5.74) is 2.67. The molecule has 7 heteroatoms. The third-order valence-corrected chi connectivity index (χ3v) is 5.87. The smallest absolute Gasteiger partial charge is 0.253 e. The highest BCUT2D eigenvalue weighted by Crippen LogP contribution is 2.34. The zero-order chi connectivity index (χ0) is 23.0. The third kappa shape index (κ3) is 6.07. The van der Waals surface area contributed by atoms with Crippen LogP contribution < -0.4 is 10.6 Å². The van der Waals surface area contributed by atoms with Crippen molar-refractivity contribution in [2.45, 2.75) is 31.7 Å². The van der Waals surface area contributed by atoms with Crippen LogP contribution in [0.1, 0.15) is 41.3 Å². The number of nitrogens with zero attached hydrogens (tertiary/aromatic N) is 2. The molecule has 0 aromatic heterocycles. The highest BCUT2D eigenvalue weighted by Gasteiger charge is 2.34. The molecule has 32 heavy (non-hydrogen) atoms. The highest BCUT2D eigenvalue weighted by atomic mass is 19.1. The normalized spacial score (nSPS) is 15.8. The first-order valence-electron chi connectivity index (χ1n) is 11.1. The van der Waals surface area contributed by atoms with Crippen LogP contribution in [0.5, 0.6) is 0 Å². The van der Waals surface area contributed by atoms with Crippen molar-refractivity contribution in [2.75, 3.05) is 40.4 Å². The van der Waals surface area contributed by atoms with Crippen LogP contribution in [0.3, 0.4) is 0 Å². The van der Waals surface area contributed by atoms with Crippen molar-refractivity contribution in [3.8, 4) is 0 Å². The van der Waals surface area contributed by atoms with Gasteiger partial charge < -0.3 is 20.3 Å². The average Bonchev–Trinajstić information content (AvgIpc) is 2.81. The summed E-state index contributed by atoms with van der Waals surface area (Å²) >= 11 is 0. The number of amides is 1. The second-order valence-corrected chi connectivity index (χ2v) is 8.34. The number of nitrogens with one attached hydrogen (secondary N) is 2. The van der Waals surface area contributed by atoms with Gasteiger partial charge in [0.15, 0.2) is 5.96 Å². The number of ether oxygens (including phenoxy) is 1. The highest BCUT2D eigenvalue weighted by molar-refractivity contribution is 5.93. The van der Waals surface area contributed by atoms with Gasteiger partial charge in [0, 0.05) is 51.4 Å². The predicted molar refractivity (Wildman–Crippen MR) is 125 cm³/mol. The standard InChI is InChI=1S/C25H33FN4O2/c1-4-27-24(28-17-19-5-7-20(8-6-19)23(31)30(2)3)29-18-25(13-15-32-16-14-25)21-9-11-22(26)12-10-21/h5-12H,4,13-18H2,1-3H3,(H2,27,28,29). The van der Waals surface area contributed by atoms with Crippen LogP contribution in [0.2, 0.25) is 0 Å². The predicted octanol–water partition coefficient (Wildman–Crippen LogP) is 3.33. The molecule has 1 aliphatic rings. The lowest BCUT2D eigenvalue weighted by molar-refractivity contribution is 0.0513. The largest absolute Gasteiger partial charge is 0.381 e. The molecule has 0 saturated carbocycles. The quantitative estimate of drug-likeness (QED) is 0.512. The molecule has 1 amide bonds. The molecule has 1 aliphatic heterocycles. The van der Waals surface area contributed by atoms with E-state index >= 15 is 0 Å². The molecule has 6 nitrogen and oxygen atoms in total. The fourth-order valence-electron chi connectivity index (χ4n) is 3.91. The van der Waals surface area contributed by atoms with E-state index in [-0.39, 0.29) is 17.1 Å². The van der Waals surface area contributed by atoms with Crippen LogP contribution in [-0.2, 0) is 16.7 Å². The van der Waals surface area contributed by atoms with Crippen LogP contribution in [0, 0.1) is 5.82 Å². The molecule has 0 bridgehead atoms. The molecule has 0 atom stereocenters. The topological polar surface area (TPSA) is 66.0 Å². The Morgan fingerprint density at radius 2 is 1.72 bits per heavy atom. The lowest BCUT2D eigenvalue weighted by Gasteiger charge is -2.38. The van der Waals surface area contributed by atoms with Gasteiger partial charge in [0.1, 0.15) is 5.82 Å². The Kier molecular flexibility index (Phi) is 8.22. The summed E-state index contributed by atoms with van der Waals surface area (Å²) in [7, 11) is 3.48. The number of hydrogen-bond donors (Lipinski definition) is 2. The number of carbonyl (C=O) groups is 1. The van der Waals surface area contributed by atoms with E-state index in [0.717, 1.165) is 36.5 Å². The number of carbonyl (C=O) groups excluding carboxylic acids is 1. The zero-order valence-corrected chi connectivity index (χ0v) is 19.2. The van der Waals surface area contributed by atoms with Crippen molar-refractivity contribution < 1.29 is 13.9 Å². The first-order chi connectivity index (χ1) is 15.4. The molecule has 0 unspecified atom stereocenters. The van der Waals surface area contributed by atoms with E-state index < -0.39 is 0 Å². The van der Waals surface area contributed by atoms with Crippen LogP contribution in [0.15, 0.2) is 53.5 Å². The summed E-state index contributed by atoms with van der Waals surface area (Å²) in [5.74, 6) is 0.489. The van der Waals surface area contributed by atoms with Gasteiger partial charge in [-0.3, -0.25) is 4.79 Å². The van der Waals surface area contributed by atoms with E-state index in [1.165, 1.54) is 12.1 Å². The first kappa shape index (κ1) is 23.7. The number of guanidine groups is 1. The minimum Gasteiger partial charge on any atom is -0.381 e. The van der Waals surface area contributed by atoms with E-state index in [1.54, 1.807) is 19.0 Å². The summed E-state index contributed by atoms with van der Waals surface area (Å²) in [6.07, 6.45) is 1.73. The van der Waals surface area contributed by atoms with Crippen molar-refractivity contribution in [3.05, 3.63) is 71.0 Å². The van der Waals surface area contributed by atoms with E-state index in [1.807, 2.05) is 43.3 Å². The number of aliphatic imine (C=N–C) groups is 1. The van der Waals surface area contributed by atoms with Gasteiger partial charge in [-0.05, 0) is 55.2 Å². The summed E-state index contributed by atoms with van der Waals surface area (Å²) < 4.78 is 19.1. The summed E-state index contributed by atoms with van der Waals surface area (Å²) in [6.45, 7) is 5.33. The molecule has 1 saturated heterocycles. The first-order valence-corrected chi connectivity index (χ1v) is 11.1. The van der Waals surface area contributed by atoms with Crippen molar-refractivity contribution in [1.82, 2.24) is 15.5 Å². The van der Waals surface area contributed by atoms with Gasteiger partial charge >= 0.3 is 0 Å². The summed E-state index contributed by atoms with van der Waals surface area (Å²) in [5, 5.41) is 6.79. The maximum atomic E-state index is 13.5. The van der Waals surface area contributed by atoms with Crippen LogP contribution >= 0.6 is 0 Å². The molecule has 1 heterocycles. The van der Waals surface area contributed by atoms with E-state index in [0.29, 0.717) is 31.9 Å². The minimum atomic E-state index is -0.225. The molecule has 2 aromatic rings. The second-order valence-electron chi connectivity index (χ2n) is 8.34. The second kappa shape index (κ2) is 11.1. The SMILES string of the molecule is CCNC(=NCc1ccc(C(=O)N(C)C)cc1)NCC1(c2ccc(F)cc2)CCOCC1. The van der Waals surface area contributed by atoms with Gasteiger partial charge in [-0.25, -0.2) is 9.38 Å². The van der Waals surface area contributed by atoms with E-state index in [2.05, 4.69) is 10.6 Å². The van der Waals surface area contributed by atoms with Gasteiger partial charge in [0.2, 0.25) is 0 Å². The maximum Gasteiger partial charge on any atom is 0.253 e. The molecule has 3 rings (SSSR count).